The first-order valence-corrected chi connectivity index (χ1v) is 8.24. The third-order valence-corrected chi connectivity index (χ3v) is 3.42. The Morgan fingerprint density at radius 1 is 1.07 bits per heavy atom. The van der Waals surface area contributed by atoms with Crippen LogP contribution in [0.25, 0.3) is 0 Å². The SMILES string of the molecule is CC(C)COP(=S)(S)OCC(C)C.[Zn]. The van der Waals surface area contributed by atoms with Crippen LogP contribution in [0.4, 0.5) is 0 Å². The van der Waals surface area contributed by atoms with Crippen LogP contribution in [0.1, 0.15) is 27.7 Å². The second-order valence-corrected chi connectivity index (χ2v) is 9.14. The van der Waals surface area contributed by atoms with E-state index in [2.05, 4.69) is 39.9 Å². The number of thiol groups is 1. The average molecular weight is 308 g/mol. The first-order chi connectivity index (χ1) is 5.83. The second kappa shape index (κ2) is 8.67. The summed E-state index contributed by atoms with van der Waals surface area (Å²) < 4.78 is 10.8. The van der Waals surface area contributed by atoms with Crippen molar-refractivity contribution in [2.24, 2.45) is 11.8 Å². The quantitative estimate of drug-likeness (QED) is 0.460. The molecule has 0 amide bonds. The predicted molar refractivity (Wildman–Crippen MR) is 64.9 cm³/mol. The molecule has 14 heavy (non-hydrogen) atoms. The Morgan fingerprint density at radius 2 is 1.36 bits per heavy atom. The Balaban J connectivity index is 0. The van der Waals surface area contributed by atoms with Crippen LogP contribution >= 0.6 is 17.9 Å². The summed E-state index contributed by atoms with van der Waals surface area (Å²) in [7, 11) is 0. The molecule has 0 radical (unpaired) electrons. The van der Waals surface area contributed by atoms with Crippen LogP contribution in [-0.2, 0) is 40.3 Å². The van der Waals surface area contributed by atoms with E-state index >= 15 is 0 Å². The van der Waals surface area contributed by atoms with Crippen molar-refractivity contribution >= 4 is 29.7 Å². The zero-order chi connectivity index (χ0) is 10.5. The van der Waals surface area contributed by atoms with Crippen molar-refractivity contribution in [2.75, 3.05) is 13.2 Å². The molecule has 0 unspecified atom stereocenters. The molecule has 0 aromatic heterocycles. The maximum absolute atomic E-state index is 5.41. The Hall–Kier alpha value is 1.54. The topological polar surface area (TPSA) is 18.5 Å². The fourth-order valence-corrected chi connectivity index (χ4v) is 2.34. The molecule has 0 bridgehead atoms. The maximum atomic E-state index is 5.41. The van der Waals surface area contributed by atoms with Gasteiger partial charge in [0.25, 0.3) is 0 Å². The molecule has 0 rings (SSSR count). The number of hydrogen-bond donors (Lipinski definition) is 1. The van der Waals surface area contributed by atoms with E-state index in [-0.39, 0.29) is 19.5 Å². The van der Waals surface area contributed by atoms with Gasteiger partial charge in [-0.15, -0.1) is 0 Å². The zero-order valence-electron chi connectivity index (χ0n) is 9.40. The Bertz CT molecular complexity index is 172. The van der Waals surface area contributed by atoms with Crippen LogP contribution in [0.15, 0.2) is 0 Å². The Labute approximate surface area is 111 Å². The largest absolute Gasteiger partial charge is 0.322 e. The van der Waals surface area contributed by atoms with Gasteiger partial charge in [-0.05, 0) is 23.6 Å². The summed E-state index contributed by atoms with van der Waals surface area (Å²) in [4.78, 5) is 0. The van der Waals surface area contributed by atoms with Crippen molar-refractivity contribution in [1.82, 2.24) is 0 Å². The van der Waals surface area contributed by atoms with Crippen molar-refractivity contribution in [3.05, 3.63) is 0 Å². The minimum Gasteiger partial charge on any atom is -0.322 e. The summed E-state index contributed by atoms with van der Waals surface area (Å²) in [6.45, 7) is 9.55. The van der Waals surface area contributed by atoms with Gasteiger partial charge in [0.05, 0.1) is 13.2 Å². The molecule has 2 nitrogen and oxygen atoms in total. The third kappa shape index (κ3) is 11.6. The van der Waals surface area contributed by atoms with Gasteiger partial charge in [-0.2, -0.15) is 0 Å². The molecule has 0 atom stereocenters. The molecule has 0 aliphatic heterocycles. The first kappa shape index (κ1) is 17.9. The fraction of sp³-hybridized carbons (Fsp3) is 1.00. The van der Waals surface area contributed by atoms with E-state index in [0.29, 0.717) is 25.0 Å². The van der Waals surface area contributed by atoms with Crippen LogP contribution in [0.3, 0.4) is 0 Å². The smallest absolute Gasteiger partial charge is 0.244 e. The van der Waals surface area contributed by atoms with E-state index in [0.717, 1.165) is 0 Å². The Kier molecular flexibility index (Phi) is 11.1. The standard InChI is InChI=1S/C8H19O2PS2.Zn/c1-7(2)5-9-11(12,13)10-6-8(3)4;/h7-8H,5-6H2,1-4H3,(H,12,13);. The van der Waals surface area contributed by atoms with Gasteiger partial charge in [0.2, 0.25) is 5.69 Å². The van der Waals surface area contributed by atoms with Crippen molar-refractivity contribution < 1.29 is 28.5 Å². The van der Waals surface area contributed by atoms with E-state index in [1.165, 1.54) is 0 Å². The fourth-order valence-electron chi connectivity index (χ4n) is 0.524. The summed E-state index contributed by atoms with van der Waals surface area (Å²) in [6.07, 6.45) is 0. The van der Waals surface area contributed by atoms with Crippen LogP contribution in [0.5, 0.6) is 0 Å². The zero-order valence-corrected chi connectivity index (χ0v) is 15.0. The van der Waals surface area contributed by atoms with E-state index in [1.807, 2.05) is 0 Å². The van der Waals surface area contributed by atoms with Crippen molar-refractivity contribution in [2.45, 2.75) is 27.7 Å². The molecule has 0 spiro atoms. The van der Waals surface area contributed by atoms with E-state index < -0.39 is 5.69 Å². The second-order valence-electron chi connectivity index (χ2n) is 3.85. The molecule has 0 saturated heterocycles. The average Bonchev–Trinajstić information content (AvgIpc) is 1.98. The van der Waals surface area contributed by atoms with Crippen molar-refractivity contribution in [3.63, 3.8) is 0 Å². The van der Waals surface area contributed by atoms with Gasteiger partial charge in [0.1, 0.15) is 0 Å². The van der Waals surface area contributed by atoms with E-state index in [4.69, 9.17) is 20.9 Å². The van der Waals surface area contributed by atoms with E-state index in [1.54, 1.807) is 0 Å². The molecular formula is C8H19O2PS2Zn. The van der Waals surface area contributed by atoms with Crippen LogP contribution in [0, 0.1) is 11.8 Å². The predicted octanol–water partition coefficient (Wildman–Crippen LogP) is 3.48. The summed E-state index contributed by atoms with van der Waals surface area (Å²) in [6, 6.07) is 0. The molecule has 0 saturated carbocycles. The van der Waals surface area contributed by atoms with Gasteiger partial charge < -0.3 is 9.05 Å². The Morgan fingerprint density at radius 3 is 1.57 bits per heavy atom. The van der Waals surface area contributed by atoms with E-state index in [9.17, 15) is 0 Å². The van der Waals surface area contributed by atoms with Gasteiger partial charge in [0, 0.05) is 19.5 Å². The molecule has 82 valence electrons. The van der Waals surface area contributed by atoms with Crippen LogP contribution in [0.2, 0.25) is 0 Å². The van der Waals surface area contributed by atoms with Gasteiger partial charge in [-0.1, -0.05) is 39.9 Å². The van der Waals surface area contributed by atoms with Gasteiger partial charge in [0.15, 0.2) is 0 Å². The molecule has 0 aliphatic carbocycles. The molecule has 0 heterocycles. The third-order valence-electron chi connectivity index (χ3n) is 1.14. The normalized spacial score (nSPS) is 11.9. The monoisotopic (exact) mass is 306 g/mol. The number of hydrogen-bond acceptors (Lipinski definition) is 3. The summed E-state index contributed by atoms with van der Waals surface area (Å²) in [5.74, 6) is 0.939. The maximum Gasteiger partial charge on any atom is 0.244 e. The molecule has 0 N–H and O–H groups in total. The summed E-state index contributed by atoms with van der Waals surface area (Å²) in [5, 5.41) is 0. The number of rotatable bonds is 6. The van der Waals surface area contributed by atoms with Crippen LogP contribution < -0.4 is 0 Å². The van der Waals surface area contributed by atoms with Crippen molar-refractivity contribution in [3.8, 4) is 0 Å². The summed E-state index contributed by atoms with van der Waals surface area (Å²) >= 11 is 9.33. The van der Waals surface area contributed by atoms with Crippen LogP contribution in [-0.4, -0.2) is 13.2 Å². The molecular weight excluding hydrogens is 289 g/mol. The molecule has 0 aromatic carbocycles. The summed E-state index contributed by atoms with van der Waals surface area (Å²) in [5.41, 5.74) is -2.27. The minimum absolute atomic E-state index is 0. The van der Waals surface area contributed by atoms with Crippen molar-refractivity contribution in [1.29, 1.82) is 0 Å². The minimum atomic E-state index is -2.27. The molecule has 0 aliphatic rings. The molecule has 0 aromatic rings. The van der Waals surface area contributed by atoms with Gasteiger partial charge in [-0.3, -0.25) is 0 Å². The molecule has 0 fully saturated rings. The molecule has 6 heteroatoms. The first-order valence-electron chi connectivity index (χ1n) is 4.45. The van der Waals surface area contributed by atoms with Gasteiger partial charge in [-0.25, -0.2) is 0 Å². The van der Waals surface area contributed by atoms with Gasteiger partial charge >= 0.3 is 0 Å².